The third-order valence-electron chi connectivity index (χ3n) is 3.39. The molecule has 126 valence electrons. The first-order chi connectivity index (χ1) is 11.1. The van der Waals surface area contributed by atoms with Gasteiger partial charge in [-0.2, -0.15) is 0 Å². The van der Waals surface area contributed by atoms with E-state index in [9.17, 15) is 15.0 Å². The first-order valence-corrected chi connectivity index (χ1v) is 8.20. The van der Waals surface area contributed by atoms with Crippen molar-refractivity contribution in [2.24, 2.45) is 0 Å². The van der Waals surface area contributed by atoms with Gasteiger partial charge in [0.05, 0.1) is 12.7 Å². The van der Waals surface area contributed by atoms with E-state index in [0.717, 1.165) is 24.8 Å². The molecule has 1 rings (SSSR count). The fourth-order valence-corrected chi connectivity index (χ4v) is 2.11. The van der Waals surface area contributed by atoms with Crippen LogP contribution in [0.5, 0.6) is 5.75 Å². The Kier molecular flexibility index (Phi) is 9.58. The molecule has 0 bridgehead atoms. The van der Waals surface area contributed by atoms with Crippen LogP contribution in [0, 0.1) is 11.8 Å². The van der Waals surface area contributed by atoms with Gasteiger partial charge >= 0.3 is 0 Å². The maximum absolute atomic E-state index is 10.3. The molecule has 4 heteroatoms. The molecule has 0 spiro atoms. The van der Waals surface area contributed by atoms with Gasteiger partial charge in [-0.3, -0.25) is 0 Å². The van der Waals surface area contributed by atoms with E-state index in [-0.39, 0.29) is 6.42 Å². The fourth-order valence-electron chi connectivity index (χ4n) is 2.11. The van der Waals surface area contributed by atoms with Crippen molar-refractivity contribution >= 4 is 5.97 Å². The quantitative estimate of drug-likeness (QED) is 0.532. The number of aliphatic carboxylic acids is 1. The second-order valence-corrected chi connectivity index (χ2v) is 5.39. The van der Waals surface area contributed by atoms with Crippen molar-refractivity contribution in [3.8, 4) is 17.6 Å². The maximum Gasteiger partial charge on any atom is 0.125 e. The molecule has 0 saturated carbocycles. The Balaban J connectivity index is 2.47. The van der Waals surface area contributed by atoms with Gasteiger partial charge in [-0.05, 0) is 25.3 Å². The molecule has 1 aromatic rings. The second kappa shape index (κ2) is 11.6. The summed E-state index contributed by atoms with van der Waals surface area (Å²) in [5, 5.41) is 20.5. The lowest BCUT2D eigenvalue weighted by atomic mass is 10.1. The van der Waals surface area contributed by atoms with Gasteiger partial charge in [0.2, 0.25) is 0 Å². The molecule has 1 N–H and O–H groups in total. The van der Waals surface area contributed by atoms with Gasteiger partial charge in [0, 0.05) is 24.4 Å². The number of carboxylic acids is 1. The number of carbonyl (C=O) groups excluding carboxylic acids is 1. The topological polar surface area (TPSA) is 69.6 Å². The predicted molar refractivity (Wildman–Crippen MR) is 87.7 cm³/mol. The predicted octanol–water partition coefficient (Wildman–Crippen LogP) is 2.60. The minimum Gasteiger partial charge on any atom is -0.550 e. The van der Waals surface area contributed by atoms with Crippen molar-refractivity contribution in [1.29, 1.82) is 0 Å². The molecule has 1 unspecified atom stereocenters. The van der Waals surface area contributed by atoms with E-state index in [1.54, 1.807) is 0 Å². The van der Waals surface area contributed by atoms with E-state index in [1.165, 1.54) is 0 Å². The van der Waals surface area contributed by atoms with Crippen LogP contribution in [0.2, 0.25) is 0 Å². The molecular formula is C19H25O4-. The standard InChI is InChI=1S/C19H26O4/c1-2-3-10-15-23-18-13-9-8-11-16(18)17(20)12-6-4-5-7-14-19(21)22/h8-9,11,13,17,20H,2-3,5,7,10,12,14-15H2,1H3,(H,21,22)/p-1. The number of aliphatic hydroxyl groups is 1. The molecule has 0 heterocycles. The summed E-state index contributed by atoms with van der Waals surface area (Å²) >= 11 is 0. The Morgan fingerprint density at radius 1 is 1.26 bits per heavy atom. The third kappa shape index (κ3) is 8.27. The monoisotopic (exact) mass is 317 g/mol. The minimum atomic E-state index is -1.05. The van der Waals surface area contributed by atoms with Gasteiger partial charge in [0.1, 0.15) is 5.75 Å². The summed E-state index contributed by atoms with van der Waals surface area (Å²) in [7, 11) is 0. The lowest BCUT2D eigenvalue weighted by molar-refractivity contribution is -0.305. The normalized spacial score (nSPS) is 11.4. The van der Waals surface area contributed by atoms with Crippen molar-refractivity contribution in [1.82, 2.24) is 0 Å². The largest absolute Gasteiger partial charge is 0.550 e. The number of hydrogen-bond acceptors (Lipinski definition) is 4. The smallest absolute Gasteiger partial charge is 0.125 e. The summed E-state index contributed by atoms with van der Waals surface area (Å²) in [6.45, 7) is 2.79. The fraction of sp³-hybridized carbons (Fsp3) is 0.526. The Hall–Kier alpha value is -1.99. The SMILES string of the molecule is CCCCCOc1ccccc1C(O)CC#CCCCC(=O)[O-]. The Labute approximate surface area is 138 Å². The van der Waals surface area contributed by atoms with Crippen LogP contribution in [-0.2, 0) is 4.79 Å². The molecule has 0 aliphatic rings. The van der Waals surface area contributed by atoms with Crippen LogP contribution in [0.1, 0.15) is 63.5 Å². The maximum atomic E-state index is 10.3. The van der Waals surface area contributed by atoms with Crippen molar-refractivity contribution < 1.29 is 19.7 Å². The summed E-state index contributed by atoms with van der Waals surface area (Å²) in [6, 6.07) is 7.46. The second-order valence-electron chi connectivity index (χ2n) is 5.39. The molecule has 0 aliphatic heterocycles. The summed E-state index contributed by atoms with van der Waals surface area (Å²) in [4.78, 5) is 10.3. The van der Waals surface area contributed by atoms with Gasteiger partial charge in [-0.25, -0.2) is 0 Å². The minimum absolute atomic E-state index is 0.0195. The van der Waals surface area contributed by atoms with Crippen LogP contribution in [0.4, 0.5) is 0 Å². The van der Waals surface area contributed by atoms with Crippen LogP contribution in [0.3, 0.4) is 0 Å². The number of aliphatic hydroxyl groups excluding tert-OH is 1. The van der Waals surface area contributed by atoms with Crippen molar-refractivity contribution in [3.05, 3.63) is 29.8 Å². The lowest BCUT2D eigenvalue weighted by Crippen LogP contribution is -2.21. The number of carbonyl (C=O) groups is 1. The Morgan fingerprint density at radius 2 is 2.04 bits per heavy atom. The van der Waals surface area contributed by atoms with Crippen LogP contribution in [-0.4, -0.2) is 17.7 Å². The molecule has 0 aliphatic carbocycles. The first-order valence-electron chi connectivity index (χ1n) is 8.20. The first kappa shape index (κ1) is 19.1. The number of benzene rings is 1. The number of unbranched alkanes of at least 4 members (excludes halogenated alkanes) is 3. The van der Waals surface area contributed by atoms with Gasteiger partial charge in [-0.15, -0.1) is 11.8 Å². The summed E-state index contributed by atoms with van der Waals surface area (Å²) < 4.78 is 5.75. The van der Waals surface area contributed by atoms with Crippen molar-refractivity contribution in [3.63, 3.8) is 0 Å². The Bertz CT molecular complexity index is 528. The third-order valence-corrected chi connectivity index (χ3v) is 3.39. The van der Waals surface area contributed by atoms with Crippen LogP contribution < -0.4 is 9.84 Å². The van der Waals surface area contributed by atoms with E-state index in [0.29, 0.717) is 31.6 Å². The number of hydrogen-bond donors (Lipinski definition) is 1. The van der Waals surface area contributed by atoms with E-state index < -0.39 is 12.1 Å². The van der Waals surface area contributed by atoms with E-state index in [1.807, 2.05) is 24.3 Å². The van der Waals surface area contributed by atoms with Gasteiger partial charge in [0.25, 0.3) is 0 Å². The highest BCUT2D eigenvalue weighted by molar-refractivity contribution is 5.64. The highest BCUT2D eigenvalue weighted by atomic mass is 16.5. The molecular weight excluding hydrogens is 292 g/mol. The summed E-state index contributed by atoms with van der Waals surface area (Å²) in [6.07, 6.45) is 3.86. The molecule has 0 saturated heterocycles. The molecule has 1 atom stereocenters. The van der Waals surface area contributed by atoms with Gasteiger partial charge in [0.15, 0.2) is 0 Å². The average Bonchev–Trinajstić information content (AvgIpc) is 2.54. The zero-order chi connectivity index (χ0) is 16.9. The molecule has 1 aromatic carbocycles. The van der Waals surface area contributed by atoms with Crippen molar-refractivity contribution in [2.45, 2.75) is 58.0 Å². The number of rotatable bonds is 10. The number of carboxylic acid groups (broad SMARTS) is 1. The van der Waals surface area contributed by atoms with E-state index >= 15 is 0 Å². The Morgan fingerprint density at radius 3 is 2.78 bits per heavy atom. The van der Waals surface area contributed by atoms with Crippen molar-refractivity contribution in [2.75, 3.05) is 6.61 Å². The average molecular weight is 317 g/mol. The number of para-hydroxylation sites is 1. The van der Waals surface area contributed by atoms with E-state index in [4.69, 9.17) is 4.74 Å². The highest BCUT2D eigenvalue weighted by Crippen LogP contribution is 2.27. The molecule has 0 aromatic heterocycles. The lowest BCUT2D eigenvalue weighted by Gasteiger charge is -2.14. The molecule has 0 radical (unpaired) electrons. The van der Waals surface area contributed by atoms with Crippen LogP contribution >= 0.6 is 0 Å². The highest BCUT2D eigenvalue weighted by Gasteiger charge is 2.11. The van der Waals surface area contributed by atoms with E-state index in [2.05, 4.69) is 18.8 Å². The molecule has 0 fully saturated rings. The summed E-state index contributed by atoms with van der Waals surface area (Å²) in [5.74, 6) is 5.42. The zero-order valence-corrected chi connectivity index (χ0v) is 13.7. The molecule has 4 nitrogen and oxygen atoms in total. The molecule has 0 amide bonds. The van der Waals surface area contributed by atoms with Gasteiger partial charge in [-0.1, -0.05) is 38.0 Å². The summed E-state index contributed by atoms with van der Waals surface area (Å²) in [5.41, 5.74) is 0.744. The van der Waals surface area contributed by atoms with Crippen LogP contribution in [0.15, 0.2) is 24.3 Å². The number of ether oxygens (including phenoxy) is 1. The zero-order valence-electron chi connectivity index (χ0n) is 13.7. The van der Waals surface area contributed by atoms with Gasteiger partial charge < -0.3 is 19.7 Å². The molecule has 23 heavy (non-hydrogen) atoms. The van der Waals surface area contributed by atoms with Crippen LogP contribution in [0.25, 0.3) is 0 Å².